The summed E-state index contributed by atoms with van der Waals surface area (Å²) in [5, 5.41) is 14.8. The highest BCUT2D eigenvalue weighted by Gasteiger charge is 2.02. The summed E-state index contributed by atoms with van der Waals surface area (Å²) in [6, 6.07) is 1.91. The highest BCUT2D eigenvalue weighted by atomic mass is 16.5. The first-order chi connectivity index (χ1) is 7.25. The lowest BCUT2D eigenvalue weighted by Gasteiger charge is -2.00. The average molecular weight is 207 g/mol. The van der Waals surface area contributed by atoms with E-state index in [1.165, 1.54) is 0 Å². The number of aryl methyl sites for hydroxylation is 2. The van der Waals surface area contributed by atoms with Gasteiger partial charge < -0.3 is 14.4 Å². The predicted molar refractivity (Wildman–Crippen MR) is 52.8 cm³/mol. The van der Waals surface area contributed by atoms with Gasteiger partial charge in [0.25, 0.3) is 0 Å². The Hall–Kier alpha value is -1.69. The van der Waals surface area contributed by atoms with E-state index in [4.69, 9.17) is 4.52 Å². The fraction of sp³-hybridized carbons (Fsp3) is 0.444. The van der Waals surface area contributed by atoms with Crippen LogP contribution in [-0.4, -0.2) is 19.9 Å². The first kappa shape index (κ1) is 9.85. The van der Waals surface area contributed by atoms with Crippen molar-refractivity contribution in [3.05, 3.63) is 29.7 Å². The molecule has 0 spiro atoms. The molecule has 2 aromatic heterocycles. The van der Waals surface area contributed by atoms with E-state index >= 15 is 0 Å². The molecule has 15 heavy (non-hydrogen) atoms. The molecule has 0 unspecified atom stereocenters. The van der Waals surface area contributed by atoms with E-state index in [1.807, 2.05) is 24.6 Å². The van der Waals surface area contributed by atoms with Gasteiger partial charge in [0.05, 0.1) is 12.2 Å². The summed E-state index contributed by atoms with van der Waals surface area (Å²) in [5.74, 6) is 1.72. The van der Waals surface area contributed by atoms with Crippen LogP contribution in [-0.2, 0) is 20.1 Å². The van der Waals surface area contributed by atoms with Crippen molar-refractivity contribution in [3.63, 3.8) is 0 Å². The van der Waals surface area contributed by atoms with Crippen molar-refractivity contribution in [1.29, 1.82) is 0 Å². The predicted octanol–water partition coefficient (Wildman–Crippen LogP) is 0.401. The lowest BCUT2D eigenvalue weighted by molar-refractivity contribution is 0.388. The average Bonchev–Trinajstić information content (AvgIpc) is 2.77. The Kier molecular flexibility index (Phi) is 2.77. The van der Waals surface area contributed by atoms with Crippen molar-refractivity contribution < 1.29 is 4.52 Å². The van der Waals surface area contributed by atoms with Gasteiger partial charge in [-0.25, -0.2) is 0 Å². The molecule has 0 saturated heterocycles. The Morgan fingerprint density at radius 2 is 2.33 bits per heavy atom. The molecular weight excluding hydrogens is 194 g/mol. The number of hydrogen-bond acceptors (Lipinski definition) is 5. The summed E-state index contributed by atoms with van der Waals surface area (Å²) in [4.78, 5) is 0. The van der Waals surface area contributed by atoms with E-state index in [0.717, 1.165) is 17.3 Å². The fourth-order valence-electron chi connectivity index (χ4n) is 1.27. The molecule has 80 valence electrons. The summed E-state index contributed by atoms with van der Waals surface area (Å²) >= 11 is 0. The van der Waals surface area contributed by atoms with Crippen LogP contribution in [0.4, 0.5) is 0 Å². The Morgan fingerprint density at radius 1 is 1.47 bits per heavy atom. The summed E-state index contributed by atoms with van der Waals surface area (Å²) < 4.78 is 6.83. The highest BCUT2D eigenvalue weighted by molar-refractivity contribution is 5.03. The number of aromatic nitrogens is 4. The van der Waals surface area contributed by atoms with Crippen molar-refractivity contribution in [2.45, 2.75) is 20.0 Å². The largest absolute Gasteiger partial charge is 0.361 e. The molecule has 0 saturated carbocycles. The van der Waals surface area contributed by atoms with Gasteiger partial charge in [-0.2, -0.15) is 0 Å². The summed E-state index contributed by atoms with van der Waals surface area (Å²) in [6.45, 7) is 3.21. The number of hydrogen-bond donors (Lipinski definition) is 1. The van der Waals surface area contributed by atoms with Gasteiger partial charge in [0.2, 0.25) is 0 Å². The van der Waals surface area contributed by atoms with Gasteiger partial charge in [-0.1, -0.05) is 5.16 Å². The second-order valence-corrected chi connectivity index (χ2v) is 3.39. The van der Waals surface area contributed by atoms with E-state index in [9.17, 15) is 0 Å². The summed E-state index contributed by atoms with van der Waals surface area (Å²) in [6.07, 6.45) is 1.68. The van der Waals surface area contributed by atoms with Crippen molar-refractivity contribution in [2.75, 3.05) is 0 Å². The summed E-state index contributed by atoms with van der Waals surface area (Å²) in [5.41, 5.74) is 0.898. The Morgan fingerprint density at radius 3 is 2.93 bits per heavy atom. The van der Waals surface area contributed by atoms with E-state index in [0.29, 0.717) is 13.1 Å². The zero-order valence-electron chi connectivity index (χ0n) is 8.77. The van der Waals surface area contributed by atoms with Crippen molar-refractivity contribution in [3.8, 4) is 0 Å². The monoisotopic (exact) mass is 207 g/mol. The molecule has 0 aliphatic heterocycles. The van der Waals surface area contributed by atoms with Crippen LogP contribution in [0.3, 0.4) is 0 Å². The first-order valence-corrected chi connectivity index (χ1v) is 4.71. The van der Waals surface area contributed by atoms with Gasteiger partial charge in [0.15, 0.2) is 0 Å². The maximum absolute atomic E-state index is 4.95. The zero-order valence-corrected chi connectivity index (χ0v) is 8.77. The van der Waals surface area contributed by atoms with Gasteiger partial charge in [0.1, 0.15) is 17.9 Å². The molecule has 2 aromatic rings. The number of nitrogens with zero attached hydrogens (tertiary/aromatic N) is 4. The van der Waals surface area contributed by atoms with Crippen LogP contribution in [0.2, 0.25) is 0 Å². The Labute approximate surface area is 87.3 Å². The van der Waals surface area contributed by atoms with Crippen LogP contribution in [0.5, 0.6) is 0 Å². The molecule has 0 radical (unpaired) electrons. The second-order valence-electron chi connectivity index (χ2n) is 3.39. The van der Waals surface area contributed by atoms with Crippen LogP contribution in [0, 0.1) is 6.92 Å². The lowest BCUT2D eigenvalue weighted by Crippen LogP contribution is -2.15. The molecule has 0 aliphatic carbocycles. The van der Waals surface area contributed by atoms with Gasteiger partial charge in [-0.05, 0) is 6.92 Å². The molecule has 0 bridgehead atoms. The summed E-state index contributed by atoms with van der Waals surface area (Å²) in [7, 11) is 1.91. The van der Waals surface area contributed by atoms with Crippen LogP contribution >= 0.6 is 0 Å². The smallest absolute Gasteiger partial charge is 0.146 e. The van der Waals surface area contributed by atoms with Crippen molar-refractivity contribution >= 4 is 0 Å². The topological polar surface area (TPSA) is 68.8 Å². The van der Waals surface area contributed by atoms with Crippen LogP contribution in [0.15, 0.2) is 16.9 Å². The maximum atomic E-state index is 4.95. The number of nitrogens with one attached hydrogen (secondary N) is 1. The van der Waals surface area contributed by atoms with Crippen LogP contribution in [0.1, 0.15) is 17.3 Å². The SMILES string of the molecule is Cc1cc(CNCc2nncn2C)no1. The molecule has 1 N–H and O–H groups in total. The molecule has 0 fully saturated rings. The van der Waals surface area contributed by atoms with Gasteiger partial charge in [0, 0.05) is 19.7 Å². The third kappa shape index (κ3) is 2.41. The lowest BCUT2D eigenvalue weighted by atomic mass is 10.4. The van der Waals surface area contributed by atoms with Gasteiger partial charge in [-0.3, -0.25) is 0 Å². The molecule has 0 aromatic carbocycles. The van der Waals surface area contributed by atoms with Gasteiger partial charge in [-0.15, -0.1) is 10.2 Å². The van der Waals surface area contributed by atoms with Crippen molar-refractivity contribution in [1.82, 2.24) is 25.2 Å². The van der Waals surface area contributed by atoms with E-state index < -0.39 is 0 Å². The molecular formula is C9H13N5O. The Balaban J connectivity index is 1.83. The molecule has 2 heterocycles. The van der Waals surface area contributed by atoms with Crippen LogP contribution < -0.4 is 5.32 Å². The molecule has 6 heteroatoms. The van der Waals surface area contributed by atoms with Crippen molar-refractivity contribution in [2.24, 2.45) is 7.05 Å². The third-order valence-electron chi connectivity index (χ3n) is 2.07. The van der Waals surface area contributed by atoms with E-state index in [2.05, 4.69) is 20.7 Å². The zero-order chi connectivity index (χ0) is 10.7. The molecule has 0 amide bonds. The second kappa shape index (κ2) is 4.22. The normalized spacial score (nSPS) is 10.8. The van der Waals surface area contributed by atoms with E-state index in [-0.39, 0.29) is 0 Å². The van der Waals surface area contributed by atoms with E-state index in [1.54, 1.807) is 6.33 Å². The highest BCUT2D eigenvalue weighted by Crippen LogP contribution is 2.01. The maximum Gasteiger partial charge on any atom is 0.146 e. The Bertz CT molecular complexity index is 433. The molecule has 2 rings (SSSR count). The quantitative estimate of drug-likeness (QED) is 0.786. The molecule has 0 atom stereocenters. The molecule has 6 nitrogen and oxygen atoms in total. The standard InChI is InChI=1S/C9H13N5O/c1-7-3-8(13-15-7)4-10-5-9-12-11-6-14(9)2/h3,6,10H,4-5H2,1-2H3. The first-order valence-electron chi connectivity index (χ1n) is 4.71. The minimum Gasteiger partial charge on any atom is -0.361 e. The number of rotatable bonds is 4. The minimum atomic E-state index is 0.669. The van der Waals surface area contributed by atoms with Gasteiger partial charge >= 0.3 is 0 Å². The third-order valence-corrected chi connectivity index (χ3v) is 2.07. The molecule has 0 aliphatic rings. The fourth-order valence-corrected chi connectivity index (χ4v) is 1.27. The van der Waals surface area contributed by atoms with Crippen LogP contribution in [0.25, 0.3) is 0 Å². The minimum absolute atomic E-state index is 0.669.